The highest BCUT2D eigenvalue weighted by molar-refractivity contribution is 5.94. The number of carbonyl (C=O) groups excluding carboxylic acids is 1. The van der Waals surface area contributed by atoms with Gasteiger partial charge in [-0.3, -0.25) is 4.79 Å². The van der Waals surface area contributed by atoms with Crippen LogP contribution in [0, 0.1) is 12.8 Å². The van der Waals surface area contributed by atoms with E-state index in [-0.39, 0.29) is 5.91 Å². The number of nitrogens with one attached hydrogen (secondary N) is 2. The summed E-state index contributed by atoms with van der Waals surface area (Å²) in [5, 5.41) is 6.50. The highest BCUT2D eigenvalue weighted by Gasteiger charge is 2.20. The molecule has 116 valence electrons. The Hall–Kier alpha value is -1.51. The first kappa shape index (κ1) is 15.9. The predicted molar refractivity (Wildman–Crippen MR) is 88.8 cm³/mol. The van der Waals surface area contributed by atoms with Crippen molar-refractivity contribution < 1.29 is 4.79 Å². The first-order valence-electron chi connectivity index (χ1n) is 8.29. The molecule has 1 aromatic rings. The van der Waals surface area contributed by atoms with Crippen LogP contribution in [0.3, 0.4) is 0 Å². The maximum atomic E-state index is 11.8. The number of hydrogen-bond acceptors (Lipinski definition) is 2. The second kappa shape index (κ2) is 7.48. The van der Waals surface area contributed by atoms with E-state index in [0.29, 0.717) is 12.6 Å². The highest BCUT2D eigenvalue weighted by atomic mass is 16.1. The molecule has 0 spiro atoms. The van der Waals surface area contributed by atoms with E-state index in [1.807, 2.05) is 25.1 Å². The maximum Gasteiger partial charge on any atom is 0.251 e. The summed E-state index contributed by atoms with van der Waals surface area (Å²) in [6, 6.07) is 6.52. The molecule has 0 saturated heterocycles. The summed E-state index contributed by atoms with van der Waals surface area (Å²) in [6.07, 6.45) is 6.51. The molecule has 1 aliphatic carbocycles. The Morgan fingerprint density at radius 2 is 1.90 bits per heavy atom. The van der Waals surface area contributed by atoms with E-state index in [9.17, 15) is 4.79 Å². The summed E-state index contributed by atoms with van der Waals surface area (Å²) in [5.74, 6) is 0.930. The zero-order valence-electron chi connectivity index (χ0n) is 13.5. The molecule has 2 N–H and O–H groups in total. The molecule has 0 bridgehead atoms. The van der Waals surface area contributed by atoms with Crippen LogP contribution >= 0.6 is 0 Å². The Morgan fingerprint density at radius 3 is 2.48 bits per heavy atom. The first-order valence-corrected chi connectivity index (χ1v) is 8.29. The van der Waals surface area contributed by atoms with E-state index in [1.165, 1.54) is 37.8 Å². The topological polar surface area (TPSA) is 41.1 Å². The second-order valence-electron chi connectivity index (χ2n) is 6.16. The van der Waals surface area contributed by atoms with Gasteiger partial charge < -0.3 is 10.6 Å². The van der Waals surface area contributed by atoms with E-state index in [4.69, 9.17) is 0 Å². The molecular formula is C18H28N2O. The molecule has 3 heteroatoms. The molecule has 21 heavy (non-hydrogen) atoms. The van der Waals surface area contributed by atoms with Gasteiger partial charge in [-0.25, -0.2) is 0 Å². The Bertz CT molecular complexity index is 476. The smallest absolute Gasteiger partial charge is 0.251 e. The van der Waals surface area contributed by atoms with E-state index in [1.54, 1.807) is 0 Å². The number of aryl methyl sites for hydroxylation is 1. The van der Waals surface area contributed by atoms with Gasteiger partial charge >= 0.3 is 0 Å². The number of anilines is 1. The van der Waals surface area contributed by atoms with Gasteiger partial charge in [-0.05, 0) is 69.2 Å². The van der Waals surface area contributed by atoms with Crippen LogP contribution in [-0.4, -0.2) is 18.5 Å². The van der Waals surface area contributed by atoms with Crippen LogP contribution in [0.1, 0.15) is 61.9 Å². The molecule has 1 fully saturated rings. The molecule has 0 atom stereocenters. The van der Waals surface area contributed by atoms with Crippen molar-refractivity contribution in [3.8, 4) is 0 Å². The molecular weight excluding hydrogens is 260 g/mol. The van der Waals surface area contributed by atoms with E-state index in [0.717, 1.165) is 17.0 Å². The lowest BCUT2D eigenvalue weighted by atomic mass is 9.84. The largest absolute Gasteiger partial charge is 0.382 e. The standard InChI is InChI=1S/C18H28N2O/c1-4-14-6-9-16(10-7-14)20-17-11-8-15(12-13(17)3)18(21)19-5-2/h8,11-12,14,16,20H,4-7,9-10H2,1-3H3,(H,19,21). The van der Waals surface area contributed by atoms with Gasteiger partial charge in [-0.1, -0.05) is 13.3 Å². The van der Waals surface area contributed by atoms with Crippen LogP contribution in [0.15, 0.2) is 18.2 Å². The Labute approximate surface area is 128 Å². The summed E-state index contributed by atoms with van der Waals surface area (Å²) in [4.78, 5) is 11.8. The first-order chi connectivity index (χ1) is 10.1. The third-order valence-corrected chi connectivity index (χ3v) is 4.61. The normalized spacial score (nSPS) is 21.9. The van der Waals surface area contributed by atoms with Crippen LogP contribution in [-0.2, 0) is 0 Å². The van der Waals surface area contributed by atoms with Crippen LogP contribution in [0.25, 0.3) is 0 Å². The van der Waals surface area contributed by atoms with Crippen molar-refractivity contribution in [2.75, 3.05) is 11.9 Å². The van der Waals surface area contributed by atoms with Gasteiger partial charge in [0.2, 0.25) is 0 Å². The van der Waals surface area contributed by atoms with Crippen molar-refractivity contribution in [1.29, 1.82) is 0 Å². The van der Waals surface area contributed by atoms with Crippen molar-refractivity contribution >= 4 is 11.6 Å². The van der Waals surface area contributed by atoms with Crippen molar-refractivity contribution in [3.63, 3.8) is 0 Å². The fourth-order valence-electron chi connectivity index (χ4n) is 3.16. The third-order valence-electron chi connectivity index (χ3n) is 4.61. The van der Waals surface area contributed by atoms with Crippen molar-refractivity contribution in [1.82, 2.24) is 5.32 Å². The molecule has 1 aliphatic rings. The van der Waals surface area contributed by atoms with Gasteiger partial charge in [0.15, 0.2) is 0 Å². The van der Waals surface area contributed by atoms with Gasteiger partial charge in [0.05, 0.1) is 0 Å². The molecule has 0 radical (unpaired) electrons. The molecule has 0 unspecified atom stereocenters. The van der Waals surface area contributed by atoms with Crippen molar-refractivity contribution in [2.24, 2.45) is 5.92 Å². The molecule has 0 heterocycles. The van der Waals surface area contributed by atoms with Crippen molar-refractivity contribution in [3.05, 3.63) is 29.3 Å². The fourth-order valence-corrected chi connectivity index (χ4v) is 3.16. The lowest BCUT2D eigenvalue weighted by Crippen LogP contribution is -2.26. The molecule has 1 amide bonds. The number of hydrogen-bond donors (Lipinski definition) is 2. The van der Waals surface area contributed by atoms with Gasteiger partial charge in [0.25, 0.3) is 5.91 Å². The lowest BCUT2D eigenvalue weighted by Gasteiger charge is -2.29. The quantitative estimate of drug-likeness (QED) is 0.855. The number of benzene rings is 1. The van der Waals surface area contributed by atoms with Gasteiger partial charge in [-0.15, -0.1) is 0 Å². The predicted octanol–water partition coefficient (Wildman–Crippen LogP) is 4.13. The van der Waals surface area contributed by atoms with Crippen LogP contribution in [0.5, 0.6) is 0 Å². The average Bonchev–Trinajstić information content (AvgIpc) is 2.50. The van der Waals surface area contributed by atoms with Gasteiger partial charge in [-0.2, -0.15) is 0 Å². The second-order valence-corrected chi connectivity index (χ2v) is 6.16. The molecule has 3 nitrogen and oxygen atoms in total. The van der Waals surface area contributed by atoms with Crippen LogP contribution in [0.2, 0.25) is 0 Å². The maximum absolute atomic E-state index is 11.8. The summed E-state index contributed by atoms with van der Waals surface area (Å²) in [6.45, 7) is 6.97. The van der Waals surface area contributed by atoms with E-state index >= 15 is 0 Å². The summed E-state index contributed by atoms with van der Waals surface area (Å²) < 4.78 is 0. The van der Waals surface area contributed by atoms with Gasteiger partial charge in [0.1, 0.15) is 0 Å². The van der Waals surface area contributed by atoms with E-state index < -0.39 is 0 Å². The monoisotopic (exact) mass is 288 g/mol. The minimum atomic E-state index is 0.00982. The van der Waals surface area contributed by atoms with Gasteiger partial charge in [0, 0.05) is 23.8 Å². The SMILES string of the molecule is CCNC(=O)c1ccc(NC2CCC(CC)CC2)c(C)c1. The Morgan fingerprint density at radius 1 is 1.19 bits per heavy atom. The highest BCUT2D eigenvalue weighted by Crippen LogP contribution is 2.29. The number of carbonyl (C=O) groups is 1. The molecule has 1 saturated carbocycles. The Balaban J connectivity index is 1.97. The fraction of sp³-hybridized carbons (Fsp3) is 0.611. The minimum absolute atomic E-state index is 0.00982. The van der Waals surface area contributed by atoms with Crippen LogP contribution < -0.4 is 10.6 Å². The Kier molecular flexibility index (Phi) is 5.66. The molecule has 0 aliphatic heterocycles. The van der Waals surface area contributed by atoms with E-state index in [2.05, 4.69) is 24.5 Å². The number of rotatable bonds is 5. The number of amides is 1. The zero-order valence-corrected chi connectivity index (χ0v) is 13.5. The summed E-state index contributed by atoms with van der Waals surface area (Å²) >= 11 is 0. The summed E-state index contributed by atoms with van der Waals surface area (Å²) in [7, 11) is 0. The van der Waals surface area contributed by atoms with Crippen molar-refractivity contribution in [2.45, 2.75) is 58.9 Å². The minimum Gasteiger partial charge on any atom is -0.382 e. The molecule has 0 aromatic heterocycles. The third kappa shape index (κ3) is 4.23. The molecule has 2 rings (SSSR count). The zero-order chi connectivity index (χ0) is 15.2. The average molecular weight is 288 g/mol. The summed E-state index contributed by atoms with van der Waals surface area (Å²) in [5.41, 5.74) is 3.06. The van der Waals surface area contributed by atoms with Crippen LogP contribution in [0.4, 0.5) is 5.69 Å². The molecule has 1 aromatic carbocycles. The lowest BCUT2D eigenvalue weighted by molar-refractivity contribution is 0.0956.